The summed E-state index contributed by atoms with van der Waals surface area (Å²) < 4.78 is 0. The molecule has 4 rings (SSSR count). The topological polar surface area (TPSA) is 32.3 Å². The first-order valence-electron chi connectivity index (χ1n) is 8.50. The smallest absolute Gasteiger partial charge is 0.224 e. The molecular weight excluding hydrogens is 348 g/mol. The highest BCUT2D eigenvalue weighted by molar-refractivity contribution is 7.10. The highest BCUT2D eigenvalue weighted by Gasteiger charge is 2.17. The summed E-state index contributed by atoms with van der Waals surface area (Å²) in [5.41, 5.74) is 3.53. The maximum atomic E-state index is 12.1. The first-order chi connectivity index (χ1) is 12.3. The third-order valence-electron chi connectivity index (χ3n) is 4.50. The lowest BCUT2D eigenvalue weighted by Crippen LogP contribution is -2.29. The Hall–Kier alpha value is -2.11. The Labute approximate surface area is 155 Å². The third kappa shape index (κ3) is 3.94. The molecule has 1 aliphatic heterocycles. The summed E-state index contributed by atoms with van der Waals surface area (Å²) in [6, 6.07) is 14.5. The number of hydrogen-bond acceptors (Lipinski definition) is 4. The van der Waals surface area contributed by atoms with Crippen molar-refractivity contribution in [3.63, 3.8) is 0 Å². The molecule has 0 saturated carbocycles. The lowest BCUT2D eigenvalue weighted by atomic mass is 10.1. The van der Waals surface area contributed by atoms with Crippen molar-refractivity contribution in [2.24, 2.45) is 0 Å². The summed E-state index contributed by atoms with van der Waals surface area (Å²) in [7, 11) is 0. The van der Waals surface area contributed by atoms with Crippen LogP contribution in [0.4, 0.5) is 11.4 Å². The van der Waals surface area contributed by atoms with Crippen LogP contribution in [0.25, 0.3) is 0 Å². The standard InChI is InChI=1S/C20H20N2OS2/c23-20(8-7-18-2-1-12-24-18)21-16-3-5-17(6-4-16)22-11-9-19-15(14-22)10-13-25-19/h1-6,10,12-13H,7-9,11,14H2,(H,21,23). The van der Waals surface area contributed by atoms with Crippen LogP contribution in [0, 0.1) is 0 Å². The Kier molecular flexibility index (Phi) is 4.85. The number of anilines is 2. The minimum Gasteiger partial charge on any atom is -0.367 e. The number of fused-ring (bicyclic) bond motifs is 1. The second-order valence-corrected chi connectivity index (χ2v) is 8.25. The normalized spacial score (nSPS) is 13.5. The second kappa shape index (κ2) is 7.42. The van der Waals surface area contributed by atoms with Crippen LogP contribution in [0.1, 0.15) is 21.7 Å². The fourth-order valence-electron chi connectivity index (χ4n) is 3.14. The van der Waals surface area contributed by atoms with E-state index >= 15 is 0 Å². The van der Waals surface area contributed by atoms with Gasteiger partial charge >= 0.3 is 0 Å². The van der Waals surface area contributed by atoms with E-state index < -0.39 is 0 Å². The highest BCUT2D eigenvalue weighted by Crippen LogP contribution is 2.28. The minimum absolute atomic E-state index is 0.0713. The number of amides is 1. The van der Waals surface area contributed by atoms with Gasteiger partial charge in [0, 0.05) is 40.6 Å². The SMILES string of the molecule is O=C(CCc1cccs1)Nc1ccc(N2CCc3sccc3C2)cc1. The zero-order valence-corrected chi connectivity index (χ0v) is 15.5. The van der Waals surface area contributed by atoms with Crippen LogP contribution in [0.5, 0.6) is 0 Å². The molecule has 5 heteroatoms. The van der Waals surface area contributed by atoms with Gasteiger partial charge in [0.1, 0.15) is 0 Å². The molecule has 1 N–H and O–H groups in total. The Morgan fingerprint density at radius 2 is 1.96 bits per heavy atom. The van der Waals surface area contributed by atoms with E-state index in [0.717, 1.165) is 31.6 Å². The van der Waals surface area contributed by atoms with Crippen molar-refractivity contribution in [1.29, 1.82) is 0 Å². The molecule has 0 atom stereocenters. The first kappa shape index (κ1) is 16.4. The molecular formula is C20H20N2OS2. The van der Waals surface area contributed by atoms with E-state index in [0.29, 0.717) is 6.42 Å². The van der Waals surface area contributed by atoms with E-state index in [-0.39, 0.29) is 5.91 Å². The molecule has 0 spiro atoms. The predicted octanol–water partition coefficient (Wildman–Crippen LogP) is 4.94. The number of benzene rings is 1. The number of nitrogens with zero attached hydrogens (tertiary/aromatic N) is 1. The second-order valence-electron chi connectivity index (χ2n) is 6.21. The molecule has 3 aromatic rings. The molecule has 0 unspecified atom stereocenters. The van der Waals surface area contributed by atoms with Gasteiger partial charge in [0.15, 0.2) is 0 Å². The van der Waals surface area contributed by atoms with Crippen molar-refractivity contribution in [2.45, 2.75) is 25.8 Å². The zero-order chi connectivity index (χ0) is 17.1. The van der Waals surface area contributed by atoms with Crippen molar-refractivity contribution >= 4 is 40.0 Å². The Morgan fingerprint density at radius 3 is 2.76 bits per heavy atom. The number of rotatable bonds is 5. The van der Waals surface area contributed by atoms with Crippen molar-refractivity contribution in [2.75, 3.05) is 16.8 Å². The molecule has 25 heavy (non-hydrogen) atoms. The maximum absolute atomic E-state index is 12.1. The quantitative estimate of drug-likeness (QED) is 0.691. The summed E-state index contributed by atoms with van der Waals surface area (Å²) in [6.45, 7) is 2.03. The van der Waals surface area contributed by atoms with Gasteiger partial charge in [0.05, 0.1) is 0 Å². The van der Waals surface area contributed by atoms with Crippen LogP contribution in [-0.4, -0.2) is 12.5 Å². The van der Waals surface area contributed by atoms with Gasteiger partial charge in [-0.3, -0.25) is 4.79 Å². The van der Waals surface area contributed by atoms with Crippen molar-refractivity contribution in [3.8, 4) is 0 Å². The van der Waals surface area contributed by atoms with Crippen molar-refractivity contribution in [1.82, 2.24) is 0 Å². The summed E-state index contributed by atoms with van der Waals surface area (Å²) in [5.74, 6) is 0.0713. The molecule has 1 amide bonds. The average Bonchev–Trinajstić information content (AvgIpc) is 3.31. The van der Waals surface area contributed by atoms with Crippen molar-refractivity contribution in [3.05, 3.63) is 68.5 Å². The largest absolute Gasteiger partial charge is 0.367 e. The van der Waals surface area contributed by atoms with Gasteiger partial charge in [0.2, 0.25) is 5.91 Å². The lowest BCUT2D eigenvalue weighted by molar-refractivity contribution is -0.116. The van der Waals surface area contributed by atoms with E-state index in [4.69, 9.17) is 0 Å². The fraction of sp³-hybridized carbons (Fsp3) is 0.250. The van der Waals surface area contributed by atoms with Crippen LogP contribution in [0.2, 0.25) is 0 Å². The fourth-order valence-corrected chi connectivity index (χ4v) is 4.74. The maximum Gasteiger partial charge on any atom is 0.224 e. The van der Waals surface area contributed by atoms with Gasteiger partial charge in [-0.25, -0.2) is 0 Å². The number of carbonyl (C=O) groups is 1. The minimum atomic E-state index is 0.0713. The molecule has 0 fully saturated rings. The molecule has 3 heterocycles. The molecule has 1 aromatic carbocycles. The van der Waals surface area contributed by atoms with Crippen LogP contribution in [0.3, 0.4) is 0 Å². The molecule has 1 aliphatic rings. The Morgan fingerprint density at radius 1 is 1.08 bits per heavy atom. The van der Waals surface area contributed by atoms with Gasteiger partial charge in [-0.1, -0.05) is 6.07 Å². The average molecular weight is 369 g/mol. The lowest BCUT2D eigenvalue weighted by Gasteiger charge is -2.29. The molecule has 0 aliphatic carbocycles. The van der Waals surface area contributed by atoms with E-state index in [1.54, 1.807) is 11.3 Å². The van der Waals surface area contributed by atoms with Gasteiger partial charge in [0.25, 0.3) is 0 Å². The van der Waals surface area contributed by atoms with Crippen LogP contribution < -0.4 is 10.2 Å². The van der Waals surface area contributed by atoms with E-state index in [1.807, 2.05) is 34.9 Å². The number of thiophene rings is 2. The van der Waals surface area contributed by atoms with E-state index in [2.05, 4.69) is 39.9 Å². The van der Waals surface area contributed by atoms with E-state index in [9.17, 15) is 4.79 Å². The third-order valence-corrected chi connectivity index (χ3v) is 6.46. The summed E-state index contributed by atoms with van der Waals surface area (Å²) in [5, 5.41) is 7.23. The van der Waals surface area contributed by atoms with Gasteiger partial charge < -0.3 is 10.2 Å². The van der Waals surface area contributed by atoms with Crippen LogP contribution >= 0.6 is 22.7 Å². The van der Waals surface area contributed by atoms with Crippen LogP contribution in [-0.2, 0) is 24.2 Å². The highest BCUT2D eigenvalue weighted by atomic mass is 32.1. The monoisotopic (exact) mass is 368 g/mol. The number of carbonyl (C=O) groups excluding carboxylic acids is 1. The predicted molar refractivity (Wildman–Crippen MR) is 107 cm³/mol. The van der Waals surface area contributed by atoms with Crippen molar-refractivity contribution < 1.29 is 4.79 Å². The van der Waals surface area contributed by atoms with Gasteiger partial charge in [-0.05, 0) is 65.6 Å². The molecule has 3 nitrogen and oxygen atoms in total. The van der Waals surface area contributed by atoms with Gasteiger partial charge in [-0.15, -0.1) is 22.7 Å². The first-order valence-corrected chi connectivity index (χ1v) is 10.3. The molecule has 0 bridgehead atoms. The summed E-state index contributed by atoms with van der Waals surface area (Å²) in [6.07, 6.45) is 2.45. The Balaban J connectivity index is 1.33. The van der Waals surface area contributed by atoms with Gasteiger partial charge in [-0.2, -0.15) is 0 Å². The zero-order valence-electron chi connectivity index (χ0n) is 13.9. The molecule has 128 valence electrons. The van der Waals surface area contributed by atoms with Crippen LogP contribution in [0.15, 0.2) is 53.2 Å². The number of nitrogens with one attached hydrogen (secondary N) is 1. The molecule has 0 saturated heterocycles. The number of hydrogen-bond donors (Lipinski definition) is 1. The van der Waals surface area contributed by atoms with E-state index in [1.165, 1.54) is 21.0 Å². The molecule has 0 radical (unpaired) electrons. The molecule has 2 aromatic heterocycles. The summed E-state index contributed by atoms with van der Waals surface area (Å²) >= 11 is 3.56. The number of aryl methyl sites for hydroxylation is 1. The summed E-state index contributed by atoms with van der Waals surface area (Å²) in [4.78, 5) is 17.3. The Bertz CT molecular complexity index is 837.